The topological polar surface area (TPSA) is 100 Å². The summed E-state index contributed by atoms with van der Waals surface area (Å²) >= 11 is 0. The van der Waals surface area contributed by atoms with Crippen LogP contribution in [0.15, 0.2) is 77.8 Å². The van der Waals surface area contributed by atoms with Gasteiger partial charge in [-0.25, -0.2) is 4.99 Å². The summed E-state index contributed by atoms with van der Waals surface area (Å²) in [6.07, 6.45) is -0.359. The Morgan fingerprint density at radius 3 is 2.55 bits per heavy atom. The molecule has 0 aliphatic carbocycles. The van der Waals surface area contributed by atoms with E-state index in [1.807, 2.05) is 73.7 Å². The predicted octanol–water partition coefficient (Wildman–Crippen LogP) is 3.63. The van der Waals surface area contributed by atoms with Crippen molar-refractivity contribution in [3.05, 3.63) is 89.5 Å². The molecule has 3 aromatic rings. The molecule has 2 heterocycles. The van der Waals surface area contributed by atoms with Crippen LogP contribution >= 0.6 is 0 Å². The molecule has 0 aromatic heterocycles. The fourth-order valence-electron chi connectivity index (χ4n) is 4.55. The molecular formula is C25H20N4O2. The summed E-state index contributed by atoms with van der Waals surface area (Å²) in [6, 6.07) is 25.1. The molecule has 6 nitrogen and oxygen atoms in total. The van der Waals surface area contributed by atoms with E-state index >= 15 is 0 Å². The van der Waals surface area contributed by atoms with Crippen LogP contribution in [0.3, 0.4) is 0 Å². The number of nitrogens with one attached hydrogen (secondary N) is 1. The molecule has 0 saturated heterocycles. The number of carbonyl (C=O) groups excluding carboxylic acids is 1. The molecule has 2 aliphatic heterocycles. The lowest BCUT2D eigenvalue weighted by molar-refractivity contribution is -0.128. The van der Waals surface area contributed by atoms with Crippen molar-refractivity contribution in [3.8, 4) is 22.9 Å². The third kappa shape index (κ3) is 2.86. The van der Waals surface area contributed by atoms with Crippen LogP contribution < -0.4 is 15.8 Å². The maximum Gasteiger partial charge on any atom is 0.259 e. The number of nitrogens with zero attached hydrogens (tertiary/aromatic N) is 2. The van der Waals surface area contributed by atoms with Crippen LogP contribution in [0, 0.1) is 17.2 Å². The number of amides is 1. The average Bonchev–Trinajstić information content (AvgIpc) is 3.11. The molecule has 31 heavy (non-hydrogen) atoms. The number of benzene rings is 3. The highest BCUT2D eigenvalue weighted by atomic mass is 16.5. The van der Waals surface area contributed by atoms with E-state index in [4.69, 9.17) is 10.5 Å². The molecule has 0 fully saturated rings. The van der Waals surface area contributed by atoms with Gasteiger partial charge in [-0.2, -0.15) is 5.26 Å². The van der Waals surface area contributed by atoms with Gasteiger partial charge in [0.25, 0.3) is 5.91 Å². The molecule has 1 amide bonds. The number of ether oxygens (including phenoxy) is 1. The number of fused-ring (bicyclic) bond motifs is 2. The van der Waals surface area contributed by atoms with E-state index < -0.39 is 5.54 Å². The first-order valence-corrected chi connectivity index (χ1v) is 10.1. The number of hydrogen-bond donors (Lipinski definition) is 2. The van der Waals surface area contributed by atoms with Crippen LogP contribution in [0.4, 0.5) is 0 Å². The number of rotatable bonds is 2. The van der Waals surface area contributed by atoms with E-state index in [0.29, 0.717) is 16.9 Å². The maximum absolute atomic E-state index is 13.3. The minimum absolute atomic E-state index is 0.105. The molecule has 0 bridgehead atoms. The fourth-order valence-corrected chi connectivity index (χ4v) is 4.55. The smallest absolute Gasteiger partial charge is 0.259 e. The van der Waals surface area contributed by atoms with Crippen molar-refractivity contribution in [2.75, 3.05) is 0 Å². The van der Waals surface area contributed by atoms with Crippen LogP contribution in [0.1, 0.15) is 29.7 Å². The van der Waals surface area contributed by atoms with E-state index in [0.717, 1.165) is 16.7 Å². The number of carbonyl (C=O) groups is 1. The summed E-state index contributed by atoms with van der Waals surface area (Å²) in [5.74, 6) is 0.143. The predicted molar refractivity (Wildman–Crippen MR) is 117 cm³/mol. The lowest BCUT2D eigenvalue weighted by Crippen LogP contribution is -2.48. The third-order valence-corrected chi connectivity index (χ3v) is 6.09. The summed E-state index contributed by atoms with van der Waals surface area (Å²) in [5.41, 5.74) is 8.73. The SMILES string of the molecule is CC1[C@H](c2ccccc2)Oc2ccc(-c3cccc(C#N)c3)cc2C12N=C(N)NC2=O. The summed E-state index contributed by atoms with van der Waals surface area (Å²) in [7, 11) is 0. The first-order chi connectivity index (χ1) is 15.0. The van der Waals surface area contributed by atoms with Gasteiger partial charge in [-0.1, -0.05) is 55.5 Å². The van der Waals surface area contributed by atoms with E-state index in [9.17, 15) is 10.1 Å². The number of aliphatic imine (C=N–C) groups is 1. The molecule has 3 aromatic carbocycles. The zero-order valence-electron chi connectivity index (χ0n) is 16.9. The van der Waals surface area contributed by atoms with Crippen molar-refractivity contribution in [1.82, 2.24) is 5.32 Å². The van der Waals surface area contributed by atoms with Gasteiger partial charge < -0.3 is 10.5 Å². The Morgan fingerprint density at radius 2 is 1.84 bits per heavy atom. The highest BCUT2D eigenvalue weighted by molar-refractivity contribution is 6.08. The summed E-state index contributed by atoms with van der Waals surface area (Å²) < 4.78 is 6.39. The van der Waals surface area contributed by atoms with E-state index in [2.05, 4.69) is 16.4 Å². The Hall–Kier alpha value is -4.11. The van der Waals surface area contributed by atoms with Gasteiger partial charge in [0.05, 0.1) is 11.6 Å². The van der Waals surface area contributed by atoms with Crippen LogP contribution in [-0.2, 0) is 10.3 Å². The molecule has 3 N–H and O–H groups in total. The van der Waals surface area contributed by atoms with E-state index in [1.54, 1.807) is 6.07 Å². The second kappa shape index (κ2) is 6.99. The largest absolute Gasteiger partial charge is 0.485 e. The first-order valence-electron chi connectivity index (χ1n) is 10.1. The number of nitrogens with two attached hydrogens (primary N) is 1. The molecule has 0 radical (unpaired) electrons. The van der Waals surface area contributed by atoms with Gasteiger partial charge in [0.2, 0.25) is 0 Å². The van der Waals surface area contributed by atoms with Gasteiger partial charge in [0.15, 0.2) is 11.5 Å². The number of guanidine groups is 1. The molecule has 0 saturated carbocycles. The van der Waals surface area contributed by atoms with E-state index in [-0.39, 0.29) is 23.9 Å². The molecule has 3 atom stereocenters. The molecule has 2 unspecified atom stereocenters. The van der Waals surface area contributed by atoms with Crippen molar-refractivity contribution in [3.63, 3.8) is 0 Å². The summed E-state index contributed by atoms with van der Waals surface area (Å²) in [4.78, 5) is 17.9. The van der Waals surface area contributed by atoms with E-state index in [1.165, 1.54) is 0 Å². The summed E-state index contributed by atoms with van der Waals surface area (Å²) in [5, 5.41) is 11.9. The zero-order valence-corrected chi connectivity index (χ0v) is 16.9. The van der Waals surface area contributed by atoms with Crippen molar-refractivity contribution < 1.29 is 9.53 Å². The first kappa shape index (κ1) is 18.9. The van der Waals surface area contributed by atoms with Crippen LogP contribution in [0.2, 0.25) is 0 Å². The number of hydrogen-bond acceptors (Lipinski definition) is 5. The maximum atomic E-state index is 13.3. The number of nitriles is 1. The van der Waals surface area contributed by atoms with Crippen molar-refractivity contribution in [1.29, 1.82) is 5.26 Å². The second-order valence-electron chi connectivity index (χ2n) is 7.86. The van der Waals surface area contributed by atoms with Gasteiger partial charge >= 0.3 is 0 Å². The molecule has 2 aliphatic rings. The van der Waals surface area contributed by atoms with Crippen LogP contribution in [0.5, 0.6) is 5.75 Å². The Kier molecular flexibility index (Phi) is 4.26. The zero-order chi connectivity index (χ0) is 21.6. The minimum Gasteiger partial charge on any atom is -0.485 e. The van der Waals surface area contributed by atoms with Crippen molar-refractivity contribution >= 4 is 11.9 Å². The highest BCUT2D eigenvalue weighted by Crippen LogP contribution is 2.52. The van der Waals surface area contributed by atoms with Gasteiger partial charge in [-0.3, -0.25) is 10.1 Å². The molecule has 1 spiro atoms. The van der Waals surface area contributed by atoms with Crippen molar-refractivity contribution in [2.24, 2.45) is 16.6 Å². The Morgan fingerprint density at radius 1 is 1.06 bits per heavy atom. The monoisotopic (exact) mass is 408 g/mol. The lowest BCUT2D eigenvalue weighted by Gasteiger charge is -2.42. The van der Waals surface area contributed by atoms with Crippen LogP contribution in [-0.4, -0.2) is 11.9 Å². The summed E-state index contributed by atoms with van der Waals surface area (Å²) in [6.45, 7) is 1.96. The van der Waals surface area contributed by atoms with Gasteiger partial charge in [-0.15, -0.1) is 0 Å². The van der Waals surface area contributed by atoms with Gasteiger partial charge in [0.1, 0.15) is 11.9 Å². The average molecular weight is 408 g/mol. The second-order valence-corrected chi connectivity index (χ2v) is 7.86. The molecular weight excluding hydrogens is 388 g/mol. The van der Waals surface area contributed by atoms with Crippen molar-refractivity contribution in [2.45, 2.75) is 18.6 Å². The third-order valence-electron chi connectivity index (χ3n) is 6.09. The Balaban J connectivity index is 1.70. The normalized spacial score (nSPS) is 24.0. The molecule has 152 valence electrons. The molecule has 5 rings (SSSR count). The Bertz CT molecular complexity index is 1260. The quantitative estimate of drug-likeness (QED) is 0.676. The van der Waals surface area contributed by atoms with Gasteiger partial charge in [-0.05, 0) is 41.0 Å². The Labute approximate surface area is 180 Å². The van der Waals surface area contributed by atoms with Gasteiger partial charge in [0, 0.05) is 11.5 Å². The standard InChI is InChI=1S/C25H20N4O2/c1-15-22(17-7-3-2-4-8-17)31-21-11-10-19(18-9-5-6-16(12-18)14-26)13-20(21)25(15)23(30)28-24(27)29-25/h2-13,15,22H,1H3,(H3,27,28,29,30)/t15?,22-,25?/m1/s1. The molecule has 6 heteroatoms. The fraction of sp³-hybridized carbons (Fsp3) is 0.160. The minimum atomic E-state index is -1.19. The highest BCUT2D eigenvalue weighted by Gasteiger charge is 2.56. The van der Waals surface area contributed by atoms with Crippen LogP contribution in [0.25, 0.3) is 11.1 Å². The lowest BCUT2D eigenvalue weighted by atomic mass is 9.72.